The summed E-state index contributed by atoms with van der Waals surface area (Å²) in [6, 6.07) is 4.02. The van der Waals surface area contributed by atoms with Crippen molar-refractivity contribution in [1.82, 2.24) is 4.90 Å². The summed E-state index contributed by atoms with van der Waals surface area (Å²) in [6.45, 7) is 7.89. The zero-order valence-electron chi connectivity index (χ0n) is 12.7. The van der Waals surface area contributed by atoms with Gasteiger partial charge in [-0.3, -0.25) is 0 Å². The highest BCUT2D eigenvalue weighted by Gasteiger charge is 2.34. The van der Waals surface area contributed by atoms with Crippen molar-refractivity contribution in [3.8, 4) is 0 Å². The van der Waals surface area contributed by atoms with Gasteiger partial charge in [-0.1, -0.05) is 17.7 Å². The molecule has 2 aliphatic heterocycles. The third-order valence-electron chi connectivity index (χ3n) is 3.96. The fraction of sp³-hybridized carbons (Fsp3) is 0.562. The number of nitrogens with zero attached hydrogens (tertiary/aromatic N) is 1. The predicted octanol–water partition coefficient (Wildman–Crippen LogP) is 3.64. The Morgan fingerprint density at radius 3 is 2.90 bits per heavy atom. The van der Waals surface area contributed by atoms with Crippen molar-refractivity contribution in [2.24, 2.45) is 0 Å². The van der Waals surface area contributed by atoms with Crippen LogP contribution in [-0.4, -0.2) is 36.2 Å². The first kappa shape index (κ1) is 14.5. The minimum Gasteiger partial charge on any atom is -0.444 e. The largest absolute Gasteiger partial charge is 0.444 e. The van der Waals surface area contributed by atoms with E-state index in [1.165, 1.54) is 11.1 Å². The van der Waals surface area contributed by atoms with E-state index in [9.17, 15) is 4.79 Å². The van der Waals surface area contributed by atoms with Crippen LogP contribution in [0.3, 0.4) is 0 Å². The van der Waals surface area contributed by atoms with Crippen LogP contribution >= 0.6 is 11.6 Å². The summed E-state index contributed by atoms with van der Waals surface area (Å²) < 4.78 is 5.51. The Bertz CT molecular complexity index is 580. The predicted molar refractivity (Wildman–Crippen MR) is 84.2 cm³/mol. The van der Waals surface area contributed by atoms with Gasteiger partial charge in [-0.05, 0) is 44.4 Å². The molecule has 1 amide bonds. The maximum Gasteiger partial charge on any atom is 0.410 e. The van der Waals surface area contributed by atoms with Crippen LogP contribution in [0.2, 0.25) is 5.02 Å². The number of ether oxygens (including phenoxy) is 1. The molecular formula is C16H21ClN2O2. The summed E-state index contributed by atoms with van der Waals surface area (Å²) in [6.07, 6.45) is 0.617. The van der Waals surface area contributed by atoms with E-state index in [1.54, 1.807) is 0 Å². The molecule has 1 aromatic rings. The molecule has 0 aromatic heterocycles. The Hall–Kier alpha value is -1.42. The van der Waals surface area contributed by atoms with Crippen LogP contribution in [0.15, 0.2) is 12.1 Å². The normalized spacial score (nSPS) is 20.6. The summed E-state index contributed by atoms with van der Waals surface area (Å²) in [5.41, 5.74) is 3.16. The van der Waals surface area contributed by atoms with Gasteiger partial charge in [0.05, 0.1) is 10.7 Å². The third-order valence-corrected chi connectivity index (χ3v) is 4.28. The number of amides is 1. The van der Waals surface area contributed by atoms with Crippen LogP contribution in [0.25, 0.3) is 0 Å². The van der Waals surface area contributed by atoms with Crippen molar-refractivity contribution in [3.63, 3.8) is 0 Å². The second-order valence-electron chi connectivity index (χ2n) is 6.75. The van der Waals surface area contributed by atoms with E-state index in [0.29, 0.717) is 19.0 Å². The molecule has 21 heavy (non-hydrogen) atoms. The molecule has 2 aliphatic rings. The lowest BCUT2D eigenvalue weighted by Gasteiger charge is -2.27. The van der Waals surface area contributed by atoms with Crippen molar-refractivity contribution in [2.45, 2.75) is 38.7 Å². The van der Waals surface area contributed by atoms with Crippen LogP contribution in [0.4, 0.5) is 10.5 Å². The van der Waals surface area contributed by atoms with E-state index < -0.39 is 5.60 Å². The van der Waals surface area contributed by atoms with E-state index >= 15 is 0 Å². The van der Waals surface area contributed by atoms with E-state index in [-0.39, 0.29) is 6.09 Å². The molecular weight excluding hydrogens is 288 g/mol. The van der Waals surface area contributed by atoms with Gasteiger partial charge in [0.1, 0.15) is 5.60 Å². The molecule has 0 fully saturated rings. The summed E-state index contributed by atoms with van der Waals surface area (Å²) in [7, 11) is 0. The SMILES string of the molecule is CC(C)(C)OC(=O)N1CCc2ccc(Cl)c3c2C(CN3)C1. The first-order valence-electron chi connectivity index (χ1n) is 7.38. The highest BCUT2D eigenvalue weighted by Crippen LogP contribution is 2.41. The first-order chi connectivity index (χ1) is 9.85. The Kier molecular flexibility index (Phi) is 3.52. The Balaban J connectivity index is 1.83. The molecule has 0 saturated heterocycles. The zero-order valence-corrected chi connectivity index (χ0v) is 13.5. The fourth-order valence-electron chi connectivity index (χ4n) is 3.09. The summed E-state index contributed by atoms with van der Waals surface area (Å²) in [4.78, 5) is 14.1. The van der Waals surface area contributed by atoms with Crippen LogP contribution in [-0.2, 0) is 11.2 Å². The molecule has 0 spiro atoms. The van der Waals surface area contributed by atoms with Crippen molar-refractivity contribution in [3.05, 3.63) is 28.3 Å². The average Bonchev–Trinajstić information content (AvgIpc) is 2.70. The molecule has 1 N–H and O–H groups in total. The summed E-state index contributed by atoms with van der Waals surface area (Å²) >= 11 is 6.26. The second kappa shape index (κ2) is 5.09. The minimum absolute atomic E-state index is 0.227. The Labute approximate surface area is 130 Å². The number of rotatable bonds is 0. The molecule has 3 rings (SSSR count). The maximum absolute atomic E-state index is 12.3. The van der Waals surface area contributed by atoms with Crippen molar-refractivity contribution >= 4 is 23.4 Å². The number of hydrogen-bond acceptors (Lipinski definition) is 3. The van der Waals surface area contributed by atoms with Gasteiger partial charge in [-0.15, -0.1) is 0 Å². The monoisotopic (exact) mass is 308 g/mol. The third kappa shape index (κ3) is 2.82. The van der Waals surface area contributed by atoms with E-state index in [0.717, 1.165) is 23.7 Å². The second-order valence-corrected chi connectivity index (χ2v) is 7.16. The van der Waals surface area contributed by atoms with Crippen LogP contribution in [0, 0.1) is 0 Å². The number of nitrogens with one attached hydrogen (secondary N) is 1. The van der Waals surface area contributed by atoms with Gasteiger partial charge in [-0.25, -0.2) is 4.79 Å². The molecule has 0 bridgehead atoms. The maximum atomic E-state index is 12.3. The van der Waals surface area contributed by atoms with Crippen molar-refractivity contribution in [1.29, 1.82) is 0 Å². The fourth-order valence-corrected chi connectivity index (χ4v) is 3.32. The standard InChI is InChI=1S/C16H21ClN2O2/c1-16(2,3)21-15(20)19-7-6-10-4-5-12(17)14-13(10)11(9-19)8-18-14/h4-5,11,18H,6-9H2,1-3H3. The average molecular weight is 309 g/mol. The molecule has 1 aromatic carbocycles. The summed E-state index contributed by atoms with van der Waals surface area (Å²) in [5.74, 6) is 0.295. The lowest BCUT2D eigenvalue weighted by molar-refractivity contribution is 0.0248. The lowest BCUT2D eigenvalue weighted by atomic mass is 9.95. The van der Waals surface area contributed by atoms with Crippen LogP contribution in [0.5, 0.6) is 0 Å². The number of hydrogen-bond donors (Lipinski definition) is 1. The van der Waals surface area contributed by atoms with Gasteiger partial charge in [0.2, 0.25) is 0 Å². The van der Waals surface area contributed by atoms with Gasteiger partial charge in [0.25, 0.3) is 0 Å². The number of carbonyl (C=O) groups is 1. The van der Waals surface area contributed by atoms with Gasteiger partial charge in [-0.2, -0.15) is 0 Å². The first-order valence-corrected chi connectivity index (χ1v) is 7.76. The Morgan fingerprint density at radius 2 is 2.19 bits per heavy atom. The van der Waals surface area contributed by atoms with Gasteiger partial charge < -0.3 is 15.0 Å². The number of benzene rings is 1. The molecule has 1 atom stereocenters. The zero-order chi connectivity index (χ0) is 15.2. The number of anilines is 1. The topological polar surface area (TPSA) is 41.6 Å². The van der Waals surface area contributed by atoms with Crippen LogP contribution in [0.1, 0.15) is 37.8 Å². The highest BCUT2D eigenvalue weighted by molar-refractivity contribution is 6.33. The molecule has 1 unspecified atom stereocenters. The van der Waals surface area contributed by atoms with Crippen molar-refractivity contribution < 1.29 is 9.53 Å². The summed E-state index contributed by atoms with van der Waals surface area (Å²) in [5, 5.41) is 4.14. The van der Waals surface area contributed by atoms with E-state index in [2.05, 4.69) is 11.4 Å². The lowest BCUT2D eigenvalue weighted by Crippen LogP contribution is -2.39. The van der Waals surface area contributed by atoms with E-state index in [4.69, 9.17) is 16.3 Å². The van der Waals surface area contributed by atoms with Crippen molar-refractivity contribution in [2.75, 3.05) is 25.0 Å². The number of halogens is 1. The molecule has 2 heterocycles. The van der Waals surface area contributed by atoms with E-state index in [1.807, 2.05) is 31.7 Å². The molecule has 0 saturated carbocycles. The molecule has 0 radical (unpaired) electrons. The highest BCUT2D eigenvalue weighted by atomic mass is 35.5. The smallest absolute Gasteiger partial charge is 0.410 e. The molecule has 4 nitrogen and oxygen atoms in total. The molecule has 114 valence electrons. The molecule has 0 aliphatic carbocycles. The number of carbonyl (C=O) groups excluding carboxylic acids is 1. The van der Waals surface area contributed by atoms with Gasteiger partial charge in [0.15, 0.2) is 0 Å². The van der Waals surface area contributed by atoms with Crippen LogP contribution < -0.4 is 5.32 Å². The quantitative estimate of drug-likeness (QED) is 0.795. The molecule has 5 heteroatoms. The van der Waals surface area contributed by atoms with Gasteiger partial charge >= 0.3 is 6.09 Å². The Morgan fingerprint density at radius 1 is 1.43 bits per heavy atom. The van der Waals surface area contributed by atoms with Gasteiger partial charge in [0, 0.05) is 25.6 Å². The minimum atomic E-state index is -0.460.